The SMILES string of the molecule is CCCOC1C(C(=O)O)=C(C)C=C(N2CCOCC2)N1Cc1cccc(F)c1. The number of aliphatic carboxylic acids is 1. The number of ether oxygens (including phenoxy) is 2. The molecule has 2 aliphatic rings. The van der Waals surface area contributed by atoms with Gasteiger partial charge in [-0.25, -0.2) is 9.18 Å². The summed E-state index contributed by atoms with van der Waals surface area (Å²) in [7, 11) is 0. The summed E-state index contributed by atoms with van der Waals surface area (Å²) in [4.78, 5) is 16.1. The van der Waals surface area contributed by atoms with Crippen LogP contribution in [-0.4, -0.2) is 60.0 Å². The van der Waals surface area contributed by atoms with E-state index in [0.717, 1.165) is 17.8 Å². The zero-order valence-corrected chi connectivity index (χ0v) is 16.4. The Labute approximate surface area is 164 Å². The van der Waals surface area contributed by atoms with Gasteiger partial charge in [-0.3, -0.25) is 0 Å². The number of carboxylic acids is 1. The molecular formula is C21H27FN2O4. The first kappa shape index (κ1) is 20.4. The molecule has 3 rings (SSSR count). The van der Waals surface area contributed by atoms with Crippen LogP contribution < -0.4 is 0 Å². The number of benzene rings is 1. The van der Waals surface area contributed by atoms with E-state index in [2.05, 4.69) is 4.90 Å². The highest BCUT2D eigenvalue weighted by atomic mass is 19.1. The van der Waals surface area contributed by atoms with Gasteiger partial charge in [-0.1, -0.05) is 19.1 Å². The number of nitrogens with zero attached hydrogens (tertiary/aromatic N) is 2. The molecule has 0 amide bonds. The van der Waals surface area contributed by atoms with Gasteiger partial charge in [0, 0.05) is 26.2 Å². The van der Waals surface area contributed by atoms with Crippen LogP contribution in [0.2, 0.25) is 0 Å². The van der Waals surface area contributed by atoms with Crippen LogP contribution in [0.3, 0.4) is 0 Å². The maximum Gasteiger partial charge on any atom is 0.336 e. The van der Waals surface area contributed by atoms with Crippen molar-refractivity contribution < 1.29 is 23.8 Å². The summed E-state index contributed by atoms with van der Waals surface area (Å²) in [6.07, 6.45) is 1.93. The average molecular weight is 390 g/mol. The van der Waals surface area contributed by atoms with E-state index in [1.54, 1.807) is 13.0 Å². The van der Waals surface area contributed by atoms with E-state index in [4.69, 9.17) is 9.47 Å². The van der Waals surface area contributed by atoms with Gasteiger partial charge >= 0.3 is 5.97 Å². The number of allylic oxidation sites excluding steroid dienone is 2. The van der Waals surface area contributed by atoms with Gasteiger partial charge in [0.25, 0.3) is 0 Å². The van der Waals surface area contributed by atoms with Crippen LogP contribution in [0.15, 0.2) is 47.3 Å². The molecule has 7 heteroatoms. The van der Waals surface area contributed by atoms with Crippen molar-refractivity contribution in [1.29, 1.82) is 0 Å². The average Bonchev–Trinajstić information content (AvgIpc) is 2.68. The van der Waals surface area contributed by atoms with E-state index < -0.39 is 12.2 Å². The topological polar surface area (TPSA) is 62.2 Å². The van der Waals surface area contributed by atoms with Crippen LogP contribution in [0.25, 0.3) is 0 Å². The van der Waals surface area contributed by atoms with Crippen LogP contribution in [0.5, 0.6) is 0 Å². The van der Waals surface area contributed by atoms with Crippen molar-refractivity contribution in [2.75, 3.05) is 32.9 Å². The lowest BCUT2D eigenvalue weighted by Crippen LogP contribution is -2.49. The van der Waals surface area contributed by atoms with Crippen LogP contribution in [0.4, 0.5) is 4.39 Å². The summed E-state index contributed by atoms with van der Waals surface area (Å²) in [6.45, 7) is 7.20. The molecule has 0 radical (unpaired) electrons. The molecule has 1 saturated heterocycles. The lowest BCUT2D eigenvalue weighted by atomic mass is 10.0. The second-order valence-corrected chi connectivity index (χ2v) is 6.98. The van der Waals surface area contributed by atoms with Crippen LogP contribution >= 0.6 is 0 Å². The van der Waals surface area contributed by atoms with E-state index in [0.29, 0.717) is 45.0 Å². The molecule has 1 atom stereocenters. The molecule has 0 bridgehead atoms. The van der Waals surface area contributed by atoms with E-state index in [-0.39, 0.29) is 11.4 Å². The summed E-state index contributed by atoms with van der Waals surface area (Å²) in [5.74, 6) is -0.432. The minimum atomic E-state index is -1.000. The van der Waals surface area contributed by atoms with Crippen LogP contribution in [-0.2, 0) is 20.8 Å². The third-order valence-corrected chi connectivity index (χ3v) is 4.88. The van der Waals surface area contributed by atoms with E-state index in [9.17, 15) is 14.3 Å². The second kappa shape index (κ2) is 9.21. The van der Waals surface area contributed by atoms with E-state index in [1.165, 1.54) is 12.1 Å². The maximum atomic E-state index is 13.7. The van der Waals surface area contributed by atoms with Crippen molar-refractivity contribution in [3.8, 4) is 0 Å². The molecule has 1 N–H and O–H groups in total. The first-order chi connectivity index (χ1) is 13.5. The Morgan fingerprint density at radius 2 is 2.11 bits per heavy atom. The Morgan fingerprint density at radius 3 is 2.75 bits per heavy atom. The number of rotatable bonds is 7. The van der Waals surface area contributed by atoms with Crippen molar-refractivity contribution >= 4 is 5.97 Å². The summed E-state index contributed by atoms with van der Waals surface area (Å²) in [5, 5.41) is 9.82. The molecule has 1 fully saturated rings. The number of morpholine rings is 1. The molecule has 1 unspecified atom stereocenters. The molecule has 2 aliphatic heterocycles. The zero-order chi connectivity index (χ0) is 20.1. The zero-order valence-electron chi connectivity index (χ0n) is 16.4. The van der Waals surface area contributed by atoms with Crippen molar-refractivity contribution in [2.24, 2.45) is 0 Å². The third kappa shape index (κ3) is 4.54. The Kier molecular flexibility index (Phi) is 6.70. The molecule has 152 valence electrons. The van der Waals surface area contributed by atoms with Gasteiger partial charge in [0.05, 0.1) is 18.8 Å². The summed E-state index contributed by atoms with van der Waals surface area (Å²) in [5.41, 5.74) is 1.65. The minimum Gasteiger partial charge on any atom is -0.478 e. The van der Waals surface area contributed by atoms with E-state index >= 15 is 0 Å². The van der Waals surface area contributed by atoms with Gasteiger partial charge in [0.1, 0.15) is 11.6 Å². The number of halogens is 1. The first-order valence-electron chi connectivity index (χ1n) is 9.62. The van der Waals surface area contributed by atoms with Crippen molar-refractivity contribution in [2.45, 2.75) is 33.0 Å². The van der Waals surface area contributed by atoms with Crippen molar-refractivity contribution in [3.05, 3.63) is 58.7 Å². The van der Waals surface area contributed by atoms with Crippen LogP contribution in [0, 0.1) is 5.82 Å². The maximum absolute atomic E-state index is 13.7. The first-order valence-corrected chi connectivity index (χ1v) is 9.62. The van der Waals surface area contributed by atoms with Crippen molar-refractivity contribution in [3.63, 3.8) is 0 Å². The van der Waals surface area contributed by atoms with Gasteiger partial charge in [0.2, 0.25) is 0 Å². The standard InChI is InChI=1S/C21H27FN2O4/c1-3-9-28-20-19(21(25)26)15(2)12-18(23-7-10-27-11-8-23)24(20)14-16-5-4-6-17(22)13-16/h4-6,12-13,20H,3,7-11,14H2,1-2H3,(H,25,26). The predicted octanol–water partition coefficient (Wildman–Crippen LogP) is 2.97. The Bertz CT molecular complexity index is 771. The number of hydrogen-bond donors (Lipinski definition) is 1. The molecule has 1 aromatic rings. The monoisotopic (exact) mass is 390 g/mol. The number of carbonyl (C=O) groups is 1. The van der Waals surface area contributed by atoms with Gasteiger partial charge in [-0.05, 0) is 42.7 Å². The lowest BCUT2D eigenvalue weighted by Gasteiger charge is -2.44. The molecule has 2 heterocycles. The van der Waals surface area contributed by atoms with Gasteiger partial charge < -0.3 is 24.4 Å². The van der Waals surface area contributed by atoms with Gasteiger partial charge in [-0.2, -0.15) is 0 Å². The van der Waals surface area contributed by atoms with Crippen molar-refractivity contribution in [1.82, 2.24) is 9.80 Å². The van der Waals surface area contributed by atoms with E-state index in [1.807, 2.05) is 24.0 Å². The highest BCUT2D eigenvalue weighted by Crippen LogP contribution is 2.32. The molecule has 1 aromatic carbocycles. The fourth-order valence-corrected chi connectivity index (χ4v) is 3.56. The fourth-order valence-electron chi connectivity index (χ4n) is 3.56. The molecule has 0 saturated carbocycles. The Morgan fingerprint density at radius 1 is 1.36 bits per heavy atom. The molecule has 6 nitrogen and oxygen atoms in total. The summed E-state index contributed by atoms with van der Waals surface area (Å²) in [6, 6.07) is 6.37. The Balaban J connectivity index is 2.01. The van der Waals surface area contributed by atoms with Crippen LogP contribution in [0.1, 0.15) is 25.8 Å². The molecule has 28 heavy (non-hydrogen) atoms. The fraction of sp³-hybridized carbons (Fsp3) is 0.476. The Hall–Kier alpha value is -2.38. The smallest absolute Gasteiger partial charge is 0.336 e. The second-order valence-electron chi connectivity index (χ2n) is 6.98. The summed E-state index contributed by atoms with van der Waals surface area (Å²) < 4.78 is 25.2. The van der Waals surface area contributed by atoms with Gasteiger partial charge in [-0.15, -0.1) is 0 Å². The molecule has 0 spiro atoms. The molecular weight excluding hydrogens is 363 g/mol. The largest absolute Gasteiger partial charge is 0.478 e. The van der Waals surface area contributed by atoms with Gasteiger partial charge in [0.15, 0.2) is 6.23 Å². The minimum absolute atomic E-state index is 0.224. The highest BCUT2D eigenvalue weighted by Gasteiger charge is 2.36. The normalized spacial score (nSPS) is 20.4. The predicted molar refractivity (Wildman–Crippen MR) is 103 cm³/mol. The molecule has 0 aliphatic carbocycles. The highest BCUT2D eigenvalue weighted by molar-refractivity contribution is 5.89. The number of hydrogen-bond acceptors (Lipinski definition) is 5. The number of carboxylic acid groups (broad SMARTS) is 1. The lowest BCUT2D eigenvalue weighted by molar-refractivity contribution is -0.137. The quantitative estimate of drug-likeness (QED) is 0.772. The molecule has 0 aromatic heterocycles. The third-order valence-electron chi connectivity index (χ3n) is 4.88. The summed E-state index contributed by atoms with van der Waals surface area (Å²) >= 11 is 0.